The maximum atomic E-state index is 11.0. The lowest BCUT2D eigenvalue weighted by molar-refractivity contribution is -0.393. The minimum atomic E-state index is -0.649. The first kappa shape index (κ1) is 22.3. The highest BCUT2D eigenvalue weighted by Gasteiger charge is 2.18. The van der Waals surface area contributed by atoms with Crippen LogP contribution in [0.15, 0.2) is 18.2 Å². The molecule has 27 heavy (non-hydrogen) atoms. The van der Waals surface area contributed by atoms with Crippen molar-refractivity contribution >= 4 is 23.0 Å². The van der Waals surface area contributed by atoms with Gasteiger partial charge < -0.3 is 5.32 Å². The molecule has 0 aliphatic rings. The monoisotopic (exact) mass is 381 g/mol. The second-order valence-corrected chi connectivity index (χ2v) is 6.29. The summed E-state index contributed by atoms with van der Waals surface area (Å²) >= 11 is 0. The quantitative estimate of drug-likeness (QED) is 0.147. The summed E-state index contributed by atoms with van der Waals surface area (Å²) < 4.78 is 0. The number of carbonyl (C=O) groups is 1. The summed E-state index contributed by atoms with van der Waals surface area (Å²) in [6, 6.07) is 3.60. The van der Waals surface area contributed by atoms with Gasteiger partial charge in [-0.1, -0.05) is 38.5 Å². The predicted octanol–water partition coefficient (Wildman–Crippen LogP) is 3.42. The molecule has 0 aliphatic heterocycles. The van der Waals surface area contributed by atoms with Crippen molar-refractivity contribution in [3.05, 3.63) is 38.4 Å². The number of amides is 1. The number of benzene rings is 1. The van der Waals surface area contributed by atoms with E-state index in [1.54, 1.807) is 0 Å². The average Bonchev–Trinajstić information content (AvgIpc) is 2.65. The molecule has 1 rings (SSSR count). The van der Waals surface area contributed by atoms with E-state index in [4.69, 9.17) is 5.84 Å². The van der Waals surface area contributed by atoms with E-state index in [0.717, 1.165) is 57.4 Å². The Labute approximate surface area is 157 Å². The van der Waals surface area contributed by atoms with Crippen LogP contribution in [0.25, 0.3) is 0 Å². The fourth-order valence-corrected chi connectivity index (χ4v) is 2.70. The highest BCUT2D eigenvalue weighted by atomic mass is 16.6. The van der Waals surface area contributed by atoms with E-state index in [2.05, 4.69) is 10.7 Å². The molecule has 0 unspecified atom stereocenters. The molecule has 0 atom stereocenters. The van der Waals surface area contributed by atoms with Gasteiger partial charge in [0.25, 0.3) is 11.4 Å². The molecule has 1 aromatic rings. The van der Waals surface area contributed by atoms with Gasteiger partial charge in [-0.05, 0) is 18.9 Å². The molecular formula is C17H27N5O5. The fraction of sp³-hybridized carbons (Fsp3) is 0.588. The summed E-state index contributed by atoms with van der Waals surface area (Å²) in [6.07, 6.45) is 8.59. The molecule has 0 aromatic heterocycles. The van der Waals surface area contributed by atoms with Crippen LogP contribution in [0.5, 0.6) is 0 Å². The number of hydrogen-bond acceptors (Lipinski definition) is 7. The maximum Gasteiger partial charge on any atom is 0.299 e. The van der Waals surface area contributed by atoms with Crippen LogP contribution in [0, 0.1) is 20.2 Å². The van der Waals surface area contributed by atoms with Crippen LogP contribution >= 0.6 is 0 Å². The number of nitro groups is 2. The molecule has 150 valence electrons. The van der Waals surface area contributed by atoms with Gasteiger partial charge in [-0.25, -0.2) is 5.84 Å². The lowest BCUT2D eigenvalue weighted by Gasteiger charge is -2.07. The van der Waals surface area contributed by atoms with Gasteiger partial charge in [0.1, 0.15) is 5.69 Å². The summed E-state index contributed by atoms with van der Waals surface area (Å²) in [5.74, 6) is 4.88. The third-order valence-electron chi connectivity index (χ3n) is 4.20. The second kappa shape index (κ2) is 12.6. The molecule has 1 aromatic carbocycles. The SMILES string of the molecule is NNC(=O)CCCCCCCCCCNc1ccc([N+](=O)[O-])cc1[N+](=O)[O-]. The zero-order valence-corrected chi connectivity index (χ0v) is 15.3. The van der Waals surface area contributed by atoms with Crippen LogP contribution in [-0.4, -0.2) is 22.3 Å². The van der Waals surface area contributed by atoms with Gasteiger partial charge in [0.15, 0.2) is 0 Å². The molecule has 0 spiro atoms. The number of hydrogen-bond donors (Lipinski definition) is 3. The lowest BCUT2D eigenvalue weighted by atomic mass is 10.1. The third-order valence-corrected chi connectivity index (χ3v) is 4.20. The number of hydrazine groups is 1. The Balaban J connectivity index is 2.15. The Morgan fingerprint density at radius 1 is 0.926 bits per heavy atom. The number of unbranched alkanes of at least 4 members (excludes halogenated alkanes) is 7. The zero-order valence-electron chi connectivity index (χ0n) is 15.3. The van der Waals surface area contributed by atoms with E-state index in [1.165, 1.54) is 12.1 Å². The first-order valence-electron chi connectivity index (χ1n) is 9.12. The Kier molecular flexibility index (Phi) is 10.4. The van der Waals surface area contributed by atoms with Crippen molar-refractivity contribution in [3.8, 4) is 0 Å². The predicted molar refractivity (Wildman–Crippen MR) is 102 cm³/mol. The van der Waals surface area contributed by atoms with Gasteiger partial charge in [-0.2, -0.15) is 0 Å². The number of anilines is 1. The van der Waals surface area contributed by atoms with Crippen LogP contribution in [0.2, 0.25) is 0 Å². The standard InChI is InChI=1S/C17H27N5O5/c18-20-17(23)9-7-5-3-1-2-4-6-8-12-19-15-11-10-14(21(24)25)13-16(15)22(26)27/h10-11,13,19H,1-9,12,18H2,(H,20,23). The second-order valence-electron chi connectivity index (χ2n) is 6.29. The van der Waals surface area contributed by atoms with Crippen LogP contribution in [-0.2, 0) is 4.79 Å². The van der Waals surface area contributed by atoms with Crippen LogP contribution in [0.1, 0.15) is 57.8 Å². The molecule has 4 N–H and O–H groups in total. The van der Waals surface area contributed by atoms with Gasteiger partial charge in [-0.15, -0.1) is 0 Å². The number of nitro benzene ring substituents is 2. The summed E-state index contributed by atoms with van der Waals surface area (Å²) in [6.45, 7) is 0.576. The van der Waals surface area contributed by atoms with Crippen molar-refractivity contribution in [1.82, 2.24) is 5.43 Å². The molecule has 0 saturated heterocycles. The van der Waals surface area contributed by atoms with Crippen molar-refractivity contribution in [2.24, 2.45) is 5.84 Å². The Hall–Kier alpha value is -2.75. The van der Waals surface area contributed by atoms with E-state index < -0.39 is 9.85 Å². The Morgan fingerprint density at radius 2 is 1.52 bits per heavy atom. The molecule has 0 saturated carbocycles. The topological polar surface area (TPSA) is 153 Å². The molecule has 10 heteroatoms. The van der Waals surface area contributed by atoms with E-state index in [9.17, 15) is 25.0 Å². The molecule has 0 heterocycles. The van der Waals surface area contributed by atoms with Crippen LogP contribution in [0.3, 0.4) is 0 Å². The van der Waals surface area contributed by atoms with Gasteiger partial charge in [0, 0.05) is 19.0 Å². The number of non-ortho nitro benzene ring substituents is 1. The number of nitrogens with one attached hydrogen (secondary N) is 2. The molecular weight excluding hydrogens is 354 g/mol. The van der Waals surface area contributed by atoms with E-state index in [0.29, 0.717) is 18.7 Å². The maximum absolute atomic E-state index is 11.0. The Morgan fingerprint density at radius 3 is 2.07 bits per heavy atom. The molecule has 0 radical (unpaired) electrons. The van der Waals surface area contributed by atoms with Gasteiger partial charge in [0.05, 0.1) is 15.9 Å². The smallest absolute Gasteiger partial charge is 0.299 e. The minimum absolute atomic E-state index is 0.129. The van der Waals surface area contributed by atoms with Crippen molar-refractivity contribution in [1.29, 1.82) is 0 Å². The van der Waals surface area contributed by atoms with Gasteiger partial charge >= 0.3 is 0 Å². The van der Waals surface area contributed by atoms with Crippen molar-refractivity contribution in [2.75, 3.05) is 11.9 Å². The molecule has 0 aliphatic carbocycles. The molecule has 0 bridgehead atoms. The molecule has 0 fully saturated rings. The highest BCUT2D eigenvalue weighted by Crippen LogP contribution is 2.28. The zero-order chi connectivity index (χ0) is 20.1. The number of rotatable bonds is 14. The van der Waals surface area contributed by atoms with Gasteiger partial charge in [0.2, 0.25) is 5.91 Å². The number of carbonyl (C=O) groups excluding carboxylic acids is 1. The van der Waals surface area contributed by atoms with E-state index >= 15 is 0 Å². The Bertz CT molecular complexity index is 638. The number of nitrogens with zero attached hydrogens (tertiary/aromatic N) is 2. The molecule has 1 amide bonds. The lowest BCUT2D eigenvalue weighted by Crippen LogP contribution is -2.29. The first-order chi connectivity index (χ1) is 13.0. The summed E-state index contributed by atoms with van der Waals surface area (Å²) in [7, 11) is 0. The normalized spacial score (nSPS) is 10.4. The largest absolute Gasteiger partial charge is 0.379 e. The molecule has 10 nitrogen and oxygen atoms in total. The first-order valence-corrected chi connectivity index (χ1v) is 9.12. The average molecular weight is 381 g/mol. The summed E-state index contributed by atoms with van der Waals surface area (Å²) in [5, 5.41) is 24.7. The van der Waals surface area contributed by atoms with Crippen molar-refractivity contribution < 1.29 is 14.6 Å². The van der Waals surface area contributed by atoms with E-state index in [-0.39, 0.29) is 17.3 Å². The summed E-state index contributed by atoms with van der Waals surface area (Å²) in [4.78, 5) is 31.4. The minimum Gasteiger partial charge on any atom is -0.379 e. The van der Waals surface area contributed by atoms with Crippen molar-refractivity contribution in [3.63, 3.8) is 0 Å². The van der Waals surface area contributed by atoms with Crippen molar-refractivity contribution in [2.45, 2.75) is 57.8 Å². The van der Waals surface area contributed by atoms with Crippen LogP contribution in [0.4, 0.5) is 17.1 Å². The number of nitrogens with two attached hydrogens (primary N) is 1. The van der Waals surface area contributed by atoms with Gasteiger partial charge in [-0.3, -0.25) is 30.4 Å². The highest BCUT2D eigenvalue weighted by molar-refractivity contribution is 5.75. The third kappa shape index (κ3) is 8.95. The summed E-state index contributed by atoms with van der Waals surface area (Å²) in [5.41, 5.74) is 1.83. The van der Waals surface area contributed by atoms with Crippen LogP contribution < -0.4 is 16.6 Å². The van der Waals surface area contributed by atoms with E-state index in [1.807, 2.05) is 0 Å². The fourth-order valence-electron chi connectivity index (χ4n) is 2.70.